The number of amides is 2. The molecule has 1 fully saturated rings. The highest BCUT2D eigenvalue weighted by atomic mass is 28.3. The number of nitrogens with zero attached hydrogens (tertiary/aromatic N) is 4. The van der Waals surface area contributed by atoms with Gasteiger partial charge >= 0.3 is 0 Å². The van der Waals surface area contributed by atoms with Crippen LogP contribution in [0.5, 0.6) is 0 Å². The molecular weight excluding hydrogens is 474 g/mol. The van der Waals surface area contributed by atoms with Crippen molar-refractivity contribution in [3.05, 3.63) is 59.9 Å². The number of hydrogen-bond donors (Lipinski definition) is 2. The van der Waals surface area contributed by atoms with E-state index in [4.69, 9.17) is 15.6 Å². The monoisotopic (exact) mass is 507 g/mol. The Balaban J connectivity index is 1.69. The number of likely N-dealkylation sites (N-methyl/N-ethyl adjacent to an activating group) is 1. The molecule has 2 amide bonds. The summed E-state index contributed by atoms with van der Waals surface area (Å²) in [4.78, 5) is 30.3. The van der Waals surface area contributed by atoms with Crippen LogP contribution in [0.25, 0.3) is 22.5 Å². The summed E-state index contributed by atoms with van der Waals surface area (Å²) in [6.45, 7) is 8.04. The van der Waals surface area contributed by atoms with Crippen LogP contribution in [0.1, 0.15) is 22.6 Å². The van der Waals surface area contributed by atoms with Crippen molar-refractivity contribution in [1.82, 2.24) is 19.7 Å². The summed E-state index contributed by atoms with van der Waals surface area (Å²) < 4.78 is 7.52. The molecule has 0 aliphatic carbocycles. The maximum Gasteiger partial charge on any atom is 0.267 e. The Hall–Kier alpha value is -3.34. The van der Waals surface area contributed by atoms with E-state index in [1.807, 2.05) is 24.3 Å². The van der Waals surface area contributed by atoms with Gasteiger partial charge in [-0.25, -0.2) is 9.67 Å². The SMILES string of the molecule is CN1CC[C@](O)(c2cc(-c3cccc(-c4cccc(C(N)=O)n4)c3)nn2COCC[Si](C)(C)C)C1=O. The van der Waals surface area contributed by atoms with Crippen molar-refractivity contribution in [2.24, 2.45) is 5.73 Å². The number of rotatable bonds is 9. The maximum atomic E-state index is 12.9. The lowest BCUT2D eigenvalue weighted by atomic mass is 9.96. The number of ether oxygens (including phenoxy) is 1. The number of benzene rings is 1. The van der Waals surface area contributed by atoms with Gasteiger partial charge in [-0.15, -0.1) is 0 Å². The number of carbonyl (C=O) groups is 2. The number of nitrogens with two attached hydrogens (primary N) is 1. The van der Waals surface area contributed by atoms with Gasteiger partial charge in [-0.1, -0.05) is 43.9 Å². The zero-order valence-electron chi connectivity index (χ0n) is 21.2. The summed E-state index contributed by atoms with van der Waals surface area (Å²) in [6, 6.07) is 15.4. The summed E-state index contributed by atoms with van der Waals surface area (Å²) in [5.74, 6) is -0.941. The molecule has 4 rings (SSSR count). The van der Waals surface area contributed by atoms with Gasteiger partial charge in [-0.3, -0.25) is 9.59 Å². The van der Waals surface area contributed by atoms with E-state index in [-0.39, 0.29) is 24.8 Å². The van der Waals surface area contributed by atoms with Gasteiger partial charge in [0, 0.05) is 45.8 Å². The molecule has 0 unspecified atom stereocenters. The zero-order valence-corrected chi connectivity index (χ0v) is 22.2. The first-order valence-electron chi connectivity index (χ1n) is 12.0. The van der Waals surface area contributed by atoms with Gasteiger partial charge < -0.3 is 20.5 Å². The molecule has 3 aromatic rings. The van der Waals surface area contributed by atoms with E-state index in [0.29, 0.717) is 30.2 Å². The summed E-state index contributed by atoms with van der Waals surface area (Å²) in [5, 5.41) is 16.1. The fourth-order valence-electron chi connectivity index (χ4n) is 4.18. The van der Waals surface area contributed by atoms with Crippen molar-refractivity contribution in [1.29, 1.82) is 0 Å². The van der Waals surface area contributed by atoms with E-state index in [1.165, 1.54) is 4.90 Å². The first kappa shape index (κ1) is 25.7. The lowest BCUT2D eigenvalue weighted by Crippen LogP contribution is -2.38. The molecule has 190 valence electrons. The third-order valence-corrected chi connectivity index (χ3v) is 8.08. The van der Waals surface area contributed by atoms with Crippen LogP contribution in [0.15, 0.2) is 48.5 Å². The van der Waals surface area contributed by atoms with Crippen LogP contribution in [0.4, 0.5) is 0 Å². The van der Waals surface area contributed by atoms with Gasteiger partial charge in [0.15, 0.2) is 5.60 Å². The molecule has 3 N–H and O–H groups in total. The van der Waals surface area contributed by atoms with Gasteiger partial charge in [0.2, 0.25) is 0 Å². The molecule has 0 saturated carbocycles. The van der Waals surface area contributed by atoms with Gasteiger partial charge in [-0.2, -0.15) is 5.10 Å². The first-order valence-corrected chi connectivity index (χ1v) is 15.7. The van der Waals surface area contributed by atoms with Crippen LogP contribution in [0, 0.1) is 0 Å². The third-order valence-electron chi connectivity index (χ3n) is 6.38. The molecule has 10 heteroatoms. The fourth-order valence-corrected chi connectivity index (χ4v) is 4.94. The quantitative estimate of drug-likeness (QED) is 0.339. The largest absolute Gasteiger partial charge is 0.374 e. The summed E-state index contributed by atoms with van der Waals surface area (Å²) in [6.07, 6.45) is 0.284. The molecule has 9 nitrogen and oxygen atoms in total. The Morgan fingerprint density at radius 3 is 2.47 bits per heavy atom. The Labute approximate surface area is 211 Å². The van der Waals surface area contributed by atoms with E-state index < -0.39 is 19.6 Å². The topological polar surface area (TPSA) is 124 Å². The Kier molecular flexibility index (Phi) is 7.12. The molecular formula is C26H33N5O4Si. The molecule has 0 radical (unpaired) electrons. The van der Waals surface area contributed by atoms with Crippen LogP contribution < -0.4 is 5.73 Å². The number of aromatic nitrogens is 3. The Morgan fingerprint density at radius 2 is 1.83 bits per heavy atom. The number of primary amides is 1. The lowest BCUT2D eigenvalue weighted by molar-refractivity contribution is -0.143. The van der Waals surface area contributed by atoms with Gasteiger partial charge in [0.25, 0.3) is 11.8 Å². The predicted molar refractivity (Wildman–Crippen MR) is 140 cm³/mol. The zero-order chi connectivity index (χ0) is 26.1. The summed E-state index contributed by atoms with van der Waals surface area (Å²) >= 11 is 0. The molecule has 1 aliphatic rings. The molecule has 1 saturated heterocycles. The third kappa shape index (κ3) is 5.40. The van der Waals surface area contributed by atoms with Crippen LogP contribution in [0.2, 0.25) is 25.7 Å². The van der Waals surface area contributed by atoms with Crippen LogP contribution in [-0.2, 0) is 21.9 Å². The molecule has 0 bridgehead atoms. The summed E-state index contributed by atoms with van der Waals surface area (Å²) in [5.41, 5.74) is 7.11. The average molecular weight is 508 g/mol. The van der Waals surface area contributed by atoms with Crippen LogP contribution >= 0.6 is 0 Å². The molecule has 1 aliphatic heterocycles. The predicted octanol–water partition coefficient (Wildman–Crippen LogP) is 3.07. The highest BCUT2D eigenvalue weighted by Gasteiger charge is 2.47. The van der Waals surface area contributed by atoms with E-state index in [1.54, 1.807) is 36.0 Å². The fraction of sp³-hybridized carbons (Fsp3) is 0.385. The van der Waals surface area contributed by atoms with Crippen molar-refractivity contribution in [2.45, 2.75) is 44.4 Å². The number of aliphatic hydroxyl groups is 1. The van der Waals surface area contributed by atoms with Crippen molar-refractivity contribution >= 4 is 19.9 Å². The maximum absolute atomic E-state index is 12.9. The van der Waals surface area contributed by atoms with Crippen molar-refractivity contribution in [2.75, 3.05) is 20.2 Å². The average Bonchev–Trinajstić information content (AvgIpc) is 3.39. The van der Waals surface area contributed by atoms with Gasteiger partial charge in [-0.05, 0) is 30.3 Å². The van der Waals surface area contributed by atoms with Crippen LogP contribution in [-0.4, -0.2) is 64.9 Å². The molecule has 1 atom stereocenters. The molecule has 36 heavy (non-hydrogen) atoms. The second-order valence-electron chi connectivity index (χ2n) is 10.5. The lowest BCUT2D eigenvalue weighted by Gasteiger charge is -2.22. The van der Waals surface area contributed by atoms with E-state index in [9.17, 15) is 14.7 Å². The number of pyridine rings is 1. The first-order chi connectivity index (χ1) is 17.0. The standard InChI is InChI=1S/C26H33N5O4Si/c1-30-12-11-26(34,25(30)33)23-16-22(29-31(23)17-35-13-14-36(2,3)4)19-8-5-7-18(15-19)20-9-6-10-21(28-20)24(27)32/h5-10,15-16,34H,11-14,17H2,1-4H3,(H2,27,32)/t26-/m0/s1. The van der Waals surface area contributed by atoms with E-state index in [2.05, 4.69) is 24.6 Å². The molecule has 0 spiro atoms. The Morgan fingerprint density at radius 1 is 1.14 bits per heavy atom. The van der Waals surface area contributed by atoms with Gasteiger partial charge in [0.1, 0.15) is 12.4 Å². The highest BCUT2D eigenvalue weighted by Crippen LogP contribution is 2.35. The molecule has 2 aromatic heterocycles. The second kappa shape index (κ2) is 9.96. The van der Waals surface area contributed by atoms with E-state index >= 15 is 0 Å². The molecule has 3 heterocycles. The number of carbonyl (C=O) groups excluding carboxylic acids is 2. The highest BCUT2D eigenvalue weighted by molar-refractivity contribution is 6.76. The second-order valence-corrected chi connectivity index (χ2v) is 16.1. The van der Waals surface area contributed by atoms with Crippen LogP contribution in [0.3, 0.4) is 0 Å². The smallest absolute Gasteiger partial charge is 0.267 e. The minimum atomic E-state index is -1.66. The minimum absolute atomic E-state index is 0.140. The van der Waals surface area contributed by atoms with Crippen molar-refractivity contribution in [3.63, 3.8) is 0 Å². The molecule has 1 aromatic carbocycles. The number of hydrogen-bond acceptors (Lipinski definition) is 6. The summed E-state index contributed by atoms with van der Waals surface area (Å²) in [7, 11) is 0.417. The normalized spacial score (nSPS) is 18.1. The van der Waals surface area contributed by atoms with E-state index in [0.717, 1.165) is 17.2 Å². The number of likely N-dealkylation sites (tertiary alicyclic amines) is 1. The Bertz CT molecular complexity index is 1290. The van der Waals surface area contributed by atoms with Crippen molar-refractivity contribution in [3.8, 4) is 22.5 Å². The minimum Gasteiger partial charge on any atom is -0.374 e. The van der Waals surface area contributed by atoms with Crippen molar-refractivity contribution < 1.29 is 19.4 Å². The van der Waals surface area contributed by atoms with Gasteiger partial charge in [0.05, 0.1) is 17.1 Å².